The number of Topliss-reactive ketones (excluding diaryl/α,β-unsaturated/α-hetero) is 1. The Labute approximate surface area is 102 Å². The van der Waals surface area contributed by atoms with Crippen LogP contribution in [0.3, 0.4) is 0 Å². The van der Waals surface area contributed by atoms with Gasteiger partial charge in [0.1, 0.15) is 5.75 Å². The first-order chi connectivity index (χ1) is 8.20. The molecule has 0 spiro atoms. The van der Waals surface area contributed by atoms with Crippen LogP contribution in [0.2, 0.25) is 0 Å². The average molecular weight is 233 g/mol. The van der Waals surface area contributed by atoms with Gasteiger partial charge in [0.15, 0.2) is 5.78 Å². The fraction of sp³-hybridized carbons (Fsp3) is 0.500. The number of hydrogen-bond acceptors (Lipinski definition) is 3. The number of ketones is 1. The molecule has 0 aliphatic heterocycles. The molecule has 2 N–H and O–H groups in total. The molecular weight excluding hydrogens is 214 g/mol. The normalized spacial score (nSPS) is 24.4. The molecule has 92 valence electrons. The molecule has 17 heavy (non-hydrogen) atoms. The van der Waals surface area contributed by atoms with Crippen LogP contribution in [0.1, 0.15) is 36.0 Å². The van der Waals surface area contributed by atoms with E-state index in [-0.39, 0.29) is 17.7 Å². The molecule has 1 fully saturated rings. The fourth-order valence-corrected chi connectivity index (χ4v) is 2.48. The van der Waals surface area contributed by atoms with E-state index >= 15 is 0 Å². The lowest BCUT2D eigenvalue weighted by Gasteiger charge is -2.25. The van der Waals surface area contributed by atoms with E-state index in [1.165, 1.54) is 0 Å². The number of rotatable bonds is 3. The molecule has 2 atom stereocenters. The van der Waals surface area contributed by atoms with Gasteiger partial charge >= 0.3 is 0 Å². The summed E-state index contributed by atoms with van der Waals surface area (Å²) in [6, 6.07) is 7.55. The van der Waals surface area contributed by atoms with Gasteiger partial charge in [-0.25, -0.2) is 0 Å². The summed E-state index contributed by atoms with van der Waals surface area (Å²) < 4.78 is 5.14. The molecule has 1 aromatic rings. The van der Waals surface area contributed by atoms with E-state index in [9.17, 15) is 4.79 Å². The van der Waals surface area contributed by atoms with Crippen molar-refractivity contribution in [1.29, 1.82) is 0 Å². The number of carbonyl (C=O) groups is 1. The van der Waals surface area contributed by atoms with Crippen LogP contribution in [0.4, 0.5) is 0 Å². The van der Waals surface area contributed by atoms with Crippen LogP contribution < -0.4 is 10.5 Å². The summed E-state index contributed by atoms with van der Waals surface area (Å²) in [6.45, 7) is 0. The van der Waals surface area contributed by atoms with Crippen LogP contribution in [0.15, 0.2) is 24.3 Å². The first-order valence-electron chi connectivity index (χ1n) is 6.14. The van der Waals surface area contributed by atoms with E-state index < -0.39 is 0 Å². The highest BCUT2D eigenvalue weighted by atomic mass is 16.5. The zero-order chi connectivity index (χ0) is 12.3. The van der Waals surface area contributed by atoms with Crippen LogP contribution in [0.5, 0.6) is 5.75 Å². The molecule has 0 aromatic heterocycles. The Morgan fingerprint density at radius 2 is 2.24 bits per heavy atom. The summed E-state index contributed by atoms with van der Waals surface area (Å²) in [5.74, 6) is 1.03. The third kappa shape index (κ3) is 2.86. The molecule has 1 aliphatic rings. The molecule has 2 unspecified atom stereocenters. The lowest BCUT2D eigenvalue weighted by atomic mass is 9.81. The number of ether oxygens (including phenoxy) is 1. The third-order valence-corrected chi connectivity index (χ3v) is 3.44. The van der Waals surface area contributed by atoms with Gasteiger partial charge in [0.25, 0.3) is 0 Å². The molecule has 0 radical (unpaired) electrons. The second kappa shape index (κ2) is 5.32. The molecule has 0 amide bonds. The van der Waals surface area contributed by atoms with E-state index in [1.54, 1.807) is 7.11 Å². The minimum absolute atomic E-state index is 0.0888. The second-order valence-corrected chi connectivity index (χ2v) is 4.72. The Hall–Kier alpha value is -1.35. The van der Waals surface area contributed by atoms with Crippen molar-refractivity contribution in [3.8, 4) is 5.75 Å². The summed E-state index contributed by atoms with van der Waals surface area (Å²) >= 11 is 0. The average Bonchev–Trinajstić information content (AvgIpc) is 2.38. The van der Waals surface area contributed by atoms with Gasteiger partial charge in [-0.1, -0.05) is 18.6 Å². The minimum atomic E-state index is 0.0888. The molecule has 0 heterocycles. The first kappa shape index (κ1) is 12.1. The molecule has 1 aliphatic carbocycles. The summed E-state index contributed by atoms with van der Waals surface area (Å²) in [5.41, 5.74) is 6.66. The van der Waals surface area contributed by atoms with E-state index in [2.05, 4.69) is 0 Å². The monoisotopic (exact) mass is 233 g/mol. The summed E-state index contributed by atoms with van der Waals surface area (Å²) in [6.07, 6.45) is 3.88. The number of nitrogens with two attached hydrogens (primary N) is 1. The van der Waals surface area contributed by atoms with Crippen LogP contribution in [-0.2, 0) is 0 Å². The molecular formula is C14H19NO2. The predicted molar refractivity (Wildman–Crippen MR) is 67.3 cm³/mol. The Bertz CT molecular complexity index is 403. The number of methoxy groups -OCH3 is 1. The number of benzene rings is 1. The summed E-state index contributed by atoms with van der Waals surface area (Å²) in [7, 11) is 1.61. The maximum atomic E-state index is 12.3. The van der Waals surface area contributed by atoms with Gasteiger partial charge in [-0.05, 0) is 31.4 Å². The Balaban J connectivity index is 2.12. The van der Waals surface area contributed by atoms with Gasteiger partial charge in [0, 0.05) is 17.5 Å². The van der Waals surface area contributed by atoms with Crippen LogP contribution in [0.25, 0.3) is 0 Å². The third-order valence-electron chi connectivity index (χ3n) is 3.44. The lowest BCUT2D eigenvalue weighted by Crippen LogP contribution is -2.31. The highest BCUT2D eigenvalue weighted by Crippen LogP contribution is 2.27. The number of carbonyl (C=O) groups excluding carboxylic acids is 1. The van der Waals surface area contributed by atoms with Gasteiger partial charge in [0.05, 0.1) is 7.11 Å². The number of hydrogen-bond donors (Lipinski definition) is 1. The van der Waals surface area contributed by atoms with Crippen LogP contribution >= 0.6 is 0 Å². The lowest BCUT2D eigenvalue weighted by molar-refractivity contribution is 0.0881. The van der Waals surface area contributed by atoms with E-state index in [4.69, 9.17) is 10.5 Å². The van der Waals surface area contributed by atoms with E-state index in [0.717, 1.165) is 37.0 Å². The maximum absolute atomic E-state index is 12.3. The first-order valence-corrected chi connectivity index (χ1v) is 6.14. The Morgan fingerprint density at radius 3 is 2.94 bits per heavy atom. The van der Waals surface area contributed by atoms with Crippen molar-refractivity contribution in [3.05, 3.63) is 29.8 Å². The van der Waals surface area contributed by atoms with Crippen molar-refractivity contribution in [2.24, 2.45) is 11.7 Å². The highest BCUT2D eigenvalue weighted by Gasteiger charge is 2.26. The van der Waals surface area contributed by atoms with Gasteiger partial charge in [-0.2, -0.15) is 0 Å². The largest absolute Gasteiger partial charge is 0.497 e. The molecule has 0 saturated heterocycles. The molecule has 1 aromatic carbocycles. The SMILES string of the molecule is COc1cccc(C(=O)C2CCCC(N)C2)c1. The smallest absolute Gasteiger partial charge is 0.166 e. The fourth-order valence-electron chi connectivity index (χ4n) is 2.48. The van der Waals surface area contributed by atoms with Gasteiger partial charge in [-0.15, -0.1) is 0 Å². The van der Waals surface area contributed by atoms with Crippen LogP contribution in [-0.4, -0.2) is 18.9 Å². The molecule has 0 bridgehead atoms. The van der Waals surface area contributed by atoms with Crippen molar-refractivity contribution in [1.82, 2.24) is 0 Å². The van der Waals surface area contributed by atoms with Crippen molar-refractivity contribution in [2.45, 2.75) is 31.7 Å². The van der Waals surface area contributed by atoms with Crippen molar-refractivity contribution in [2.75, 3.05) is 7.11 Å². The quantitative estimate of drug-likeness (QED) is 0.816. The van der Waals surface area contributed by atoms with E-state index in [0.29, 0.717) is 0 Å². The second-order valence-electron chi connectivity index (χ2n) is 4.72. The predicted octanol–water partition coefficient (Wildman–Crippen LogP) is 2.40. The molecule has 1 saturated carbocycles. The van der Waals surface area contributed by atoms with Crippen LogP contribution in [0, 0.1) is 5.92 Å². The zero-order valence-corrected chi connectivity index (χ0v) is 10.2. The van der Waals surface area contributed by atoms with Gasteiger partial charge < -0.3 is 10.5 Å². The van der Waals surface area contributed by atoms with Crippen molar-refractivity contribution < 1.29 is 9.53 Å². The maximum Gasteiger partial charge on any atom is 0.166 e. The molecule has 3 heteroatoms. The van der Waals surface area contributed by atoms with Gasteiger partial charge in [-0.3, -0.25) is 4.79 Å². The van der Waals surface area contributed by atoms with Crippen molar-refractivity contribution >= 4 is 5.78 Å². The zero-order valence-electron chi connectivity index (χ0n) is 10.2. The standard InChI is InChI=1S/C14H19NO2/c1-17-13-7-3-5-11(9-13)14(16)10-4-2-6-12(15)8-10/h3,5,7,9-10,12H,2,4,6,8,15H2,1H3. The van der Waals surface area contributed by atoms with E-state index in [1.807, 2.05) is 24.3 Å². The van der Waals surface area contributed by atoms with Gasteiger partial charge in [0.2, 0.25) is 0 Å². The molecule has 3 nitrogen and oxygen atoms in total. The van der Waals surface area contributed by atoms with Crippen molar-refractivity contribution in [3.63, 3.8) is 0 Å². The molecule has 2 rings (SSSR count). The Morgan fingerprint density at radius 1 is 1.41 bits per heavy atom. The Kier molecular flexibility index (Phi) is 3.79. The topological polar surface area (TPSA) is 52.3 Å². The summed E-state index contributed by atoms with van der Waals surface area (Å²) in [4.78, 5) is 12.3. The summed E-state index contributed by atoms with van der Waals surface area (Å²) in [5, 5.41) is 0. The minimum Gasteiger partial charge on any atom is -0.497 e. The highest BCUT2D eigenvalue weighted by molar-refractivity contribution is 5.98.